The van der Waals surface area contributed by atoms with Gasteiger partial charge in [0.15, 0.2) is 11.5 Å². The zero-order valence-electron chi connectivity index (χ0n) is 14.0. The van der Waals surface area contributed by atoms with E-state index in [1.165, 1.54) is 0 Å². The van der Waals surface area contributed by atoms with Crippen LogP contribution in [0.15, 0.2) is 18.2 Å². The molecule has 2 aliphatic heterocycles. The van der Waals surface area contributed by atoms with Gasteiger partial charge in [-0.3, -0.25) is 9.59 Å². The fourth-order valence-electron chi connectivity index (χ4n) is 3.08. The van der Waals surface area contributed by atoms with E-state index < -0.39 is 23.5 Å². The number of imide groups is 1. The molecule has 8 heteroatoms. The monoisotopic (exact) mass is 345 g/mol. The van der Waals surface area contributed by atoms with Gasteiger partial charge in [-0.25, -0.2) is 9.69 Å². The number of rotatable bonds is 4. The number of hydrogen-bond donors (Lipinski definition) is 2. The van der Waals surface area contributed by atoms with Crippen LogP contribution in [0.4, 0.5) is 4.79 Å². The lowest BCUT2D eigenvalue weighted by Crippen LogP contribution is -2.49. The van der Waals surface area contributed by atoms with E-state index in [1.807, 2.05) is 0 Å². The number of carbonyl (C=O) groups is 3. The minimum absolute atomic E-state index is 0.125. The Bertz CT molecular complexity index is 776. The first-order valence-corrected chi connectivity index (χ1v) is 8.26. The predicted octanol–water partition coefficient (Wildman–Crippen LogP) is 0.849. The van der Waals surface area contributed by atoms with Crippen molar-refractivity contribution in [3.05, 3.63) is 23.8 Å². The molecule has 3 aliphatic rings. The zero-order valence-corrected chi connectivity index (χ0v) is 14.0. The molecule has 132 valence electrons. The van der Waals surface area contributed by atoms with Gasteiger partial charge < -0.3 is 20.1 Å². The van der Waals surface area contributed by atoms with Gasteiger partial charge in [-0.15, -0.1) is 0 Å². The van der Waals surface area contributed by atoms with E-state index in [0.717, 1.165) is 17.7 Å². The molecule has 1 aromatic rings. The van der Waals surface area contributed by atoms with E-state index >= 15 is 0 Å². The van der Waals surface area contributed by atoms with Crippen LogP contribution in [0.2, 0.25) is 0 Å². The number of amides is 4. The molecule has 1 aliphatic carbocycles. The second-order valence-electron chi connectivity index (χ2n) is 6.76. The Morgan fingerprint density at radius 2 is 2.04 bits per heavy atom. The lowest BCUT2D eigenvalue weighted by atomic mass is 9.91. The summed E-state index contributed by atoms with van der Waals surface area (Å²) in [5, 5.41) is 5.53. The number of benzene rings is 1. The molecule has 2 heterocycles. The van der Waals surface area contributed by atoms with Crippen LogP contribution in [-0.2, 0) is 15.1 Å². The molecular formula is C17H19N3O5. The molecule has 1 saturated heterocycles. The number of fused-ring (bicyclic) bond motifs is 1. The molecule has 1 aromatic carbocycles. The second-order valence-corrected chi connectivity index (χ2v) is 6.76. The fraction of sp³-hybridized carbons (Fsp3) is 0.471. The fourth-order valence-corrected chi connectivity index (χ4v) is 3.08. The summed E-state index contributed by atoms with van der Waals surface area (Å²) in [5.41, 5.74) is -0.681. The molecule has 0 bridgehead atoms. The number of hydrogen-bond acceptors (Lipinski definition) is 5. The minimum atomic E-state index is -1.26. The van der Waals surface area contributed by atoms with Crippen LogP contribution in [0.3, 0.4) is 0 Å². The molecule has 0 unspecified atom stereocenters. The first kappa shape index (κ1) is 15.7. The summed E-state index contributed by atoms with van der Waals surface area (Å²) in [6.45, 7) is 3.30. The quantitative estimate of drug-likeness (QED) is 0.789. The maximum Gasteiger partial charge on any atom is 0.326 e. The highest BCUT2D eigenvalue weighted by Crippen LogP contribution is 2.38. The Labute approximate surface area is 144 Å². The van der Waals surface area contributed by atoms with Crippen LogP contribution in [0.25, 0.3) is 0 Å². The SMILES string of the molecule is C[C@H](C(=O)NC1CC1)N1C(=O)N[C@](C)(c2ccc3c(c2)OCO3)C1=O. The van der Waals surface area contributed by atoms with Gasteiger partial charge in [0, 0.05) is 6.04 Å². The number of nitrogens with zero attached hydrogens (tertiary/aromatic N) is 1. The molecule has 8 nitrogen and oxygen atoms in total. The molecule has 0 spiro atoms. The minimum Gasteiger partial charge on any atom is -0.454 e. The van der Waals surface area contributed by atoms with Crippen LogP contribution < -0.4 is 20.1 Å². The van der Waals surface area contributed by atoms with Gasteiger partial charge in [-0.05, 0) is 44.4 Å². The lowest BCUT2D eigenvalue weighted by molar-refractivity contribution is -0.137. The van der Waals surface area contributed by atoms with Gasteiger partial charge in [-0.2, -0.15) is 0 Å². The summed E-state index contributed by atoms with van der Waals surface area (Å²) in [6, 6.07) is 3.81. The lowest BCUT2D eigenvalue weighted by Gasteiger charge is -2.24. The molecule has 4 rings (SSSR count). The molecule has 2 fully saturated rings. The van der Waals surface area contributed by atoms with Crippen LogP contribution in [-0.4, -0.2) is 41.6 Å². The smallest absolute Gasteiger partial charge is 0.326 e. The molecule has 0 aromatic heterocycles. The van der Waals surface area contributed by atoms with Gasteiger partial charge in [0.25, 0.3) is 5.91 Å². The van der Waals surface area contributed by atoms with Crippen molar-refractivity contribution in [2.75, 3.05) is 6.79 Å². The highest BCUT2D eigenvalue weighted by atomic mass is 16.7. The van der Waals surface area contributed by atoms with Crippen molar-refractivity contribution in [3.8, 4) is 11.5 Å². The zero-order chi connectivity index (χ0) is 17.8. The average Bonchev–Trinajstić information content (AvgIpc) is 3.20. The van der Waals surface area contributed by atoms with Gasteiger partial charge in [0.1, 0.15) is 11.6 Å². The van der Waals surface area contributed by atoms with Crippen molar-refractivity contribution in [1.29, 1.82) is 0 Å². The van der Waals surface area contributed by atoms with E-state index in [1.54, 1.807) is 32.0 Å². The van der Waals surface area contributed by atoms with Crippen LogP contribution in [0, 0.1) is 0 Å². The third-order valence-electron chi connectivity index (χ3n) is 4.86. The molecule has 25 heavy (non-hydrogen) atoms. The predicted molar refractivity (Wildman–Crippen MR) is 85.9 cm³/mol. The van der Waals surface area contributed by atoms with E-state index in [-0.39, 0.29) is 18.7 Å². The van der Waals surface area contributed by atoms with Crippen molar-refractivity contribution in [2.45, 2.75) is 44.3 Å². The molecule has 2 N–H and O–H groups in total. The van der Waals surface area contributed by atoms with Crippen LogP contribution >= 0.6 is 0 Å². The topological polar surface area (TPSA) is 97.0 Å². The summed E-state index contributed by atoms with van der Waals surface area (Å²) in [4.78, 5) is 38.6. The third-order valence-corrected chi connectivity index (χ3v) is 4.86. The van der Waals surface area contributed by atoms with Gasteiger partial charge >= 0.3 is 6.03 Å². The van der Waals surface area contributed by atoms with Gasteiger partial charge in [-0.1, -0.05) is 6.07 Å². The highest BCUT2D eigenvalue weighted by molar-refractivity contribution is 6.10. The van der Waals surface area contributed by atoms with E-state index in [9.17, 15) is 14.4 Å². The Morgan fingerprint density at radius 3 is 2.76 bits per heavy atom. The van der Waals surface area contributed by atoms with Crippen molar-refractivity contribution in [1.82, 2.24) is 15.5 Å². The summed E-state index contributed by atoms with van der Waals surface area (Å²) in [5.74, 6) is 0.340. The molecule has 2 atom stereocenters. The number of nitrogens with one attached hydrogen (secondary N) is 2. The Hall–Kier alpha value is -2.77. The number of urea groups is 1. The van der Waals surface area contributed by atoms with E-state index in [0.29, 0.717) is 17.1 Å². The largest absolute Gasteiger partial charge is 0.454 e. The Balaban J connectivity index is 1.60. The van der Waals surface area contributed by atoms with Crippen LogP contribution in [0.5, 0.6) is 11.5 Å². The summed E-state index contributed by atoms with van der Waals surface area (Å²) < 4.78 is 10.6. The maximum absolute atomic E-state index is 13.0. The molecule has 1 saturated carbocycles. The van der Waals surface area contributed by atoms with Crippen molar-refractivity contribution < 1.29 is 23.9 Å². The summed E-state index contributed by atoms with van der Waals surface area (Å²) in [7, 11) is 0. The first-order valence-electron chi connectivity index (χ1n) is 8.26. The third kappa shape index (κ3) is 2.48. The van der Waals surface area contributed by atoms with Crippen molar-refractivity contribution in [3.63, 3.8) is 0 Å². The number of ether oxygens (including phenoxy) is 2. The Morgan fingerprint density at radius 1 is 1.32 bits per heavy atom. The first-order chi connectivity index (χ1) is 11.9. The summed E-state index contributed by atoms with van der Waals surface area (Å²) in [6.07, 6.45) is 1.88. The van der Waals surface area contributed by atoms with Crippen molar-refractivity contribution >= 4 is 17.8 Å². The van der Waals surface area contributed by atoms with Gasteiger partial charge in [0.2, 0.25) is 12.7 Å². The number of carbonyl (C=O) groups excluding carboxylic acids is 3. The average molecular weight is 345 g/mol. The Kier molecular flexibility index (Phi) is 3.38. The van der Waals surface area contributed by atoms with E-state index in [2.05, 4.69) is 10.6 Å². The standard InChI is InChI=1S/C17H19N3O5/c1-9(14(21)18-11-4-5-11)20-15(22)17(2,19-16(20)23)10-3-6-12-13(7-10)25-8-24-12/h3,6-7,9,11H,4-5,8H2,1-2H3,(H,18,21)(H,19,23)/t9-,17-/m1/s1. The maximum atomic E-state index is 13.0. The molecule has 4 amide bonds. The molecular weight excluding hydrogens is 326 g/mol. The molecule has 0 radical (unpaired) electrons. The second kappa shape index (κ2) is 5.37. The van der Waals surface area contributed by atoms with Gasteiger partial charge in [0.05, 0.1) is 0 Å². The van der Waals surface area contributed by atoms with E-state index in [4.69, 9.17) is 9.47 Å². The normalized spacial score (nSPS) is 25.8. The van der Waals surface area contributed by atoms with Crippen molar-refractivity contribution in [2.24, 2.45) is 0 Å². The summed E-state index contributed by atoms with van der Waals surface area (Å²) >= 11 is 0. The van der Waals surface area contributed by atoms with Crippen LogP contribution in [0.1, 0.15) is 32.3 Å². The highest BCUT2D eigenvalue weighted by Gasteiger charge is 2.52.